The maximum atomic E-state index is 12.0. The van der Waals surface area contributed by atoms with Crippen molar-refractivity contribution in [2.24, 2.45) is 5.73 Å². The third-order valence-corrected chi connectivity index (χ3v) is 3.47. The zero-order chi connectivity index (χ0) is 13.2. The Hall–Kier alpha value is -1.84. The first-order valence-corrected chi connectivity index (χ1v) is 6.46. The Morgan fingerprint density at radius 2 is 1.65 bits per heavy atom. The summed E-state index contributed by atoms with van der Waals surface area (Å²) in [6.45, 7) is 0. The van der Waals surface area contributed by atoms with E-state index in [-0.39, 0.29) is 18.3 Å². The summed E-state index contributed by atoms with van der Waals surface area (Å²) < 4.78 is 0. The molecule has 2 atom stereocenters. The minimum absolute atomic E-state index is 0. The molecule has 0 radical (unpaired) electrons. The summed E-state index contributed by atoms with van der Waals surface area (Å²) in [6.07, 6.45) is 1.07. The number of rotatable bonds is 3. The van der Waals surface area contributed by atoms with Gasteiger partial charge >= 0.3 is 0 Å². The van der Waals surface area contributed by atoms with Gasteiger partial charge < -0.3 is 11.1 Å². The highest BCUT2D eigenvalue weighted by Gasteiger charge is 2.34. The number of amides is 1. The number of benzene rings is 2. The summed E-state index contributed by atoms with van der Waals surface area (Å²) in [5.41, 5.74) is 8.55. The lowest BCUT2D eigenvalue weighted by molar-refractivity contribution is 0.102. The van der Waals surface area contributed by atoms with Crippen molar-refractivity contribution in [2.45, 2.75) is 18.4 Å². The highest BCUT2D eigenvalue weighted by atomic mass is 35.5. The van der Waals surface area contributed by atoms with Crippen molar-refractivity contribution in [3.05, 3.63) is 65.7 Å². The van der Waals surface area contributed by atoms with E-state index in [2.05, 4.69) is 5.32 Å². The molecule has 104 valence electrons. The SMILES string of the molecule is Cl.N[C@@H]1C[C@@H]1c1ccc(NC(=O)c2ccccc2)cc1. The predicted octanol–water partition coefficient (Wildman–Crippen LogP) is 3.18. The average Bonchev–Trinajstić information content (AvgIpc) is 3.18. The summed E-state index contributed by atoms with van der Waals surface area (Å²) in [5.74, 6) is 0.412. The van der Waals surface area contributed by atoms with E-state index in [4.69, 9.17) is 5.73 Å². The molecule has 1 saturated carbocycles. The van der Waals surface area contributed by atoms with Crippen molar-refractivity contribution in [3.8, 4) is 0 Å². The van der Waals surface area contributed by atoms with Gasteiger partial charge in [0.2, 0.25) is 0 Å². The fourth-order valence-electron chi connectivity index (χ4n) is 2.20. The molecule has 0 heterocycles. The molecule has 0 saturated heterocycles. The number of hydrogen-bond donors (Lipinski definition) is 2. The van der Waals surface area contributed by atoms with Crippen LogP contribution in [0.1, 0.15) is 28.3 Å². The monoisotopic (exact) mass is 288 g/mol. The van der Waals surface area contributed by atoms with Crippen LogP contribution in [-0.2, 0) is 0 Å². The molecule has 3 nitrogen and oxygen atoms in total. The second-order valence-electron chi connectivity index (χ2n) is 4.95. The van der Waals surface area contributed by atoms with E-state index >= 15 is 0 Å². The Morgan fingerprint density at radius 1 is 1.05 bits per heavy atom. The topological polar surface area (TPSA) is 55.1 Å². The van der Waals surface area contributed by atoms with Crippen LogP contribution >= 0.6 is 12.4 Å². The number of nitrogens with one attached hydrogen (secondary N) is 1. The molecule has 0 aliphatic heterocycles. The van der Waals surface area contributed by atoms with Crippen molar-refractivity contribution < 1.29 is 4.79 Å². The molecular weight excluding hydrogens is 272 g/mol. The molecule has 0 aromatic heterocycles. The van der Waals surface area contributed by atoms with Gasteiger partial charge in [-0.3, -0.25) is 4.79 Å². The smallest absolute Gasteiger partial charge is 0.255 e. The molecular formula is C16H17ClN2O. The van der Waals surface area contributed by atoms with Gasteiger partial charge in [-0.15, -0.1) is 12.4 Å². The first-order chi connectivity index (χ1) is 9.24. The van der Waals surface area contributed by atoms with Crippen LogP contribution in [0, 0.1) is 0 Å². The number of nitrogens with two attached hydrogens (primary N) is 1. The van der Waals surface area contributed by atoms with Crippen LogP contribution in [0.4, 0.5) is 5.69 Å². The highest BCUT2D eigenvalue weighted by Crippen LogP contribution is 2.39. The van der Waals surface area contributed by atoms with Crippen molar-refractivity contribution >= 4 is 24.0 Å². The average molecular weight is 289 g/mol. The Morgan fingerprint density at radius 3 is 2.20 bits per heavy atom. The molecule has 3 rings (SSSR count). The lowest BCUT2D eigenvalue weighted by Crippen LogP contribution is -2.11. The van der Waals surface area contributed by atoms with E-state index in [1.807, 2.05) is 42.5 Å². The van der Waals surface area contributed by atoms with Crippen LogP contribution in [0.3, 0.4) is 0 Å². The minimum atomic E-state index is -0.0866. The van der Waals surface area contributed by atoms with Crippen LogP contribution in [-0.4, -0.2) is 11.9 Å². The fourth-order valence-corrected chi connectivity index (χ4v) is 2.20. The Balaban J connectivity index is 0.00000147. The second kappa shape index (κ2) is 6.07. The van der Waals surface area contributed by atoms with Crippen LogP contribution in [0.15, 0.2) is 54.6 Å². The summed E-state index contributed by atoms with van der Waals surface area (Å²) in [7, 11) is 0. The number of halogens is 1. The predicted molar refractivity (Wildman–Crippen MR) is 83.4 cm³/mol. The van der Waals surface area contributed by atoms with Crippen LogP contribution in [0.25, 0.3) is 0 Å². The molecule has 2 aromatic carbocycles. The Kier molecular flexibility index (Phi) is 4.42. The molecule has 2 aromatic rings. The van der Waals surface area contributed by atoms with E-state index in [0.29, 0.717) is 17.5 Å². The number of hydrogen-bond acceptors (Lipinski definition) is 2. The van der Waals surface area contributed by atoms with E-state index in [1.165, 1.54) is 5.56 Å². The molecule has 1 aliphatic carbocycles. The fraction of sp³-hybridized carbons (Fsp3) is 0.188. The van der Waals surface area contributed by atoms with Gasteiger partial charge in [-0.2, -0.15) is 0 Å². The Labute approximate surface area is 124 Å². The Bertz CT molecular complexity index is 583. The van der Waals surface area contributed by atoms with Gasteiger partial charge in [0.15, 0.2) is 0 Å². The molecule has 0 unspecified atom stereocenters. The van der Waals surface area contributed by atoms with E-state index in [0.717, 1.165) is 12.1 Å². The molecule has 1 fully saturated rings. The lowest BCUT2D eigenvalue weighted by Gasteiger charge is -2.06. The zero-order valence-corrected chi connectivity index (χ0v) is 11.8. The standard InChI is InChI=1S/C16H16N2O.ClH/c17-15-10-14(15)11-6-8-13(9-7-11)18-16(19)12-4-2-1-3-5-12;/h1-9,14-15H,10,17H2,(H,18,19);1H/t14-,15-;/m1./s1. The molecule has 0 spiro atoms. The van der Waals surface area contributed by atoms with Gasteiger partial charge in [0.25, 0.3) is 5.91 Å². The summed E-state index contributed by atoms with van der Waals surface area (Å²) in [4.78, 5) is 12.0. The molecule has 1 aliphatic rings. The third kappa shape index (κ3) is 3.18. The van der Waals surface area contributed by atoms with Gasteiger partial charge in [-0.1, -0.05) is 30.3 Å². The van der Waals surface area contributed by atoms with Crippen molar-refractivity contribution in [1.82, 2.24) is 0 Å². The number of anilines is 1. The van der Waals surface area contributed by atoms with Gasteiger partial charge in [-0.05, 0) is 36.2 Å². The van der Waals surface area contributed by atoms with Crippen molar-refractivity contribution in [2.75, 3.05) is 5.32 Å². The van der Waals surface area contributed by atoms with Gasteiger partial charge in [0.1, 0.15) is 0 Å². The maximum Gasteiger partial charge on any atom is 0.255 e. The maximum absolute atomic E-state index is 12.0. The first-order valence-electron chi connectivity index (χ1n) is 6.46. The summed E-state index contributed by atoms with van der Waals surface area (Å²) >= 11 is 0. The highest BCUT2D eigenvalue weighted by molar-refractivity contribution is 6.04. The van der Waals surface area contributed by atoms with Gasteiger partial charge in [0, 0.05) is 23.2 Å². The molecule has 4 heteroatoms. The molecule has 1 amide bonds. The van der Waals surface area contributed by atoms with Crippen molar-refractivity contribution in [3.63, 3.8) is 0 Å². The quantitative estimate of drug-likeness (QED) is 0.911. The normalized spacial score (nSPS) is 19.9. The van der Waals surface area contributed by atoms with E-state index in [1.54, 1.807) is 12.1 Å². The van der Waals surface area contributed by atoms with Crippen LogP contribution in [0.2, 0.25) is 0 Å². The first kappa shape index (κ1) is 14.6. The second-order valence-corrected chi connectivity index (χ2v) is 4.95. The van der Waals surface area contributed by atoms with E-state index in [9.17, 15) is 4.79 Å². The van der Waals surface area contributed by atoms with Gasteiger partial charge in [-0.25, -0.2) is 0 Å². The van der Waals surface area contributed by atoms with Crippen LogP contribution < -0.4 is 11.1 Å². The van der Waals surface area contributed by atoms with Crippen molar-refractivity contribution in [1.29, 1.82) is 0 Å². The number of carbonyl (C=O) groups excluding carboxylic acids is 1. The van der Waals surface area contributed by atoms with E-state index < -0.39 is 0 Å². The minimum Gasteiger partial charge on any atom is -0.327 e. The summed E-state index contributed by atoms with van der Waals surface area (Å²) in [5, 5.41) is 2.89. The van der Waals surface area contributed by atoms with Crippen LogP contribution in [0.5, 0.6) is 0 Å². The third-order valence-electron chi connectivity index (χ3n) is 3.47. The molecule has 0 bridgehead atoms. The largest absolute Gasteiger partial charge is 0.327 e. The molecule has 20 heavy (non-hydrogen) atoms. The lowest BCUT2D eigenvalue weighted by atomic mass is 10.1. The summed E-state index contributed by atoms with van der Waals surface area (Å²) in [6, 6.07) is 17.5. The molecule has 3 N–H and O–H groups in total. The number of carbonyl (C=O) groups is 1. The van der Waals surface area contributed by atoms with Gasteiger partial charge in [0.05, 0.1) is 0 Å². The zero-order valence-electron chi connectivity index (χ0n) is 11.0.